The summed E-state index contributed by atoms with van der Waals surface area (Å²) in [5.74, 6) is -2.59. The zero-order valence-electron chi connectivity index (χ0n) is 17.3. The first-order valence-electron chi connectivity index (χ1n) is 9.57. The van der Waals surface area contributed by atoms with Crippen LogP contribution in [0.2, 0.25) is 0 Å². The number of methoxy groups -OCH3 is 1. The zero-order valence-corrected chi connectivity index (χ0v) is 17.3. The average molecular weight is 425 g/mol. The van der Waals surface area contributed by atoms with Crippen molar-refractivity contribution >= 4 is 23.2 Å². The first-order valence-corrected chi connectivity index (χ1v) is 9.57. The van der Waals surface area contributed by atoms with Gasteiger partial charge in [-0.15, -0.1) is 0 Å². The fourth-order valence-electron chi connectivity index (χ4n) is 4.13. The summed E-state index contributed by atoms with van der Waals surface area (Å²) in [4.78, 5) is 25.1. The van der Waals surface area contributed by atoms with E-state index in [9.17, 15) is 22.8 Å². The minimum atomic E-state index is -5.15. The van der Waals surface area contributed by atoms with Crippen LogP contribution in [0.15, 0.2) is 23.8 Å². The van der Waals surface area contributed by atoms with Gasteiger partial charge in [-0.3, -0.25) is 4.79 Å². The Bertz CT molecular complexity index is 965. The van der Waals surface area contributed by atoms with E-state index in [1.807, 2.05) is 23.9 Å². The minimum absolute atomic E-state index is 0.0344. The molecule has 0 saturated carbocycles. The molecule has 6 nitrogen and oxygen atoms in total. The van der Waals surface area contributed by atoms with Crippen molar-refractivity contribution in [3.8, 4) is 5.75 Å². The average Bonchev–Trinajstić information content (AvgIpc) is 3.18. The second kappa shape index (κ2) is 7.77. The third-order valence-electron chi connectivity index (χ3n) is 5.68. The van der Waals surface area contributed by atoms with E-state index in [2.05, 4.69) is 0 Å². The molecular weight excluding hydrogens is 401 g/mol. The molecule has 1 aliphatic carbocycles. The highest BCUT2D eigenvalue weighted by Crippen LogP contribution is 2.46. The minimum Gasteiger partial charge on any atom is -0.497 e. The van der Waals surface area contributed by atoms with E-state index < -0.39 is 23.6 Å². The molecule has 0 bridgehead atoms. The summed E-state index contributed by atoms with van der Waals surface area (Å²) in [5.41, 5.74) is 1.17. The molecule has 0 saturated heterocycles. The van der Waals surface area contributed by atoms with Crippen LogP contribution in [-0.2, 0) is 20.7 Å². The Hall–Kier alpha value is -2.84. The second-order valence-electron chi connectivity index (χ2n) is 7.39. The van der Waals surface area contributed by atoms with Gasteiger partial charge in [-0.05, 0) is 30.2 Å². The highest BCUT2D eigenvalue weighted by molar-refractivity contribution is 6.13. The molecule has 1 aromatic carbocycles. The van der Waals surface area contributed by atoms with Gasteiger partial charge in [0.05, 0.1) is 13.7 Å². The Morgan fingerprint density at radius 3 is 2.53 bits per heavy atom. The van der Waals surface area contributed by atoms with Crippen LogP contribution in [0, 0.1) is 0 Å². The van der Waals surface area contributed by atoms with Crippen LogP contribution in [-0.4, -0.2) is 61.2 Å². The molecule has 1 unspecified atom stereocenters. The molecule has 1 N–H and O–H groups in total. The van der Waals surface area contributed by atoms with Gasteiger partial charge in [0.25, 0.3) is 0 Å². The van der Waals surface area contributed by atoms with Gasteiger partial charge in [-0.25, -0.2) is 9.37 Å². The van der Waals surface area contributed by atoms with E-state index in [0.29, 0.717) is 35.4 Å². The van der Waals surface area contributed by atoms with E-state index in [1.165, 1.54) is 7.11 Å². The van der Waals surface area contributed by atoms with Crippen molar-refractivity contribution in [1.29, 1.82) is 0 Å². The van der Waals surface area contributed by atoms with Crippen molar-refractivity contribution in [3.63, 3.8) is 0 Å². The Kier molecular flexibility index (Phi) is 5.66. The maximum atomic E-state index is 13.2. The summed E-state index contributed by atoms with van der Waals surface area (Å²) in [7, 11) is 3.34. The monoisotopic (exact) mass is 425 g/mol. The largest absolute Gasteiger partial charge is 0.497 e. The number of carbonyl (C=O) groups excluding carboxylic acids is 2. The van der Waals surface area contributed by atoms with Crippen molar-refractivity contribution in [2.45, 2.75) is 38.4 Å². The Balaban J connectivity index is 2.29. The molecule has 9 heteroatoms. The molecule has 3 rings (SSSR count). The number of amides is 1. The lowest BCUT2D eigenvalue weighted by atomic mass is 9.84. The van der Waals surface area contributed by atoms with Crippen LogP contribution < -0.4 is 10.1 Å². The molecule has 0 radical (unpaired) electrons. The number of nitrogens with one attached hydrogen (secondary N) is 1. The summed E-state index contributed by atoms with van der Waals surface area (Å²) in [5, 5.41) is 1.99. The molecule has 0 spiro atoms. The van der Waals surface area contributed by atoms with E-state index in [4.69, 9.17) is 9.47 Å². The summed E-state index contributed by atoms with van der Waals surface area (Å²) < 4.78 is 52.0. The predicted molar refractivity (Wildman–Crippen MR) is 104 cm³/mol. The molecular formula is C21H24F3N2O4+. The molecule has 1 atom stereocenters. The van der Waals surface area contributed by atoms with Crippen LogP contribution in [0.1, 0.15) is 31.4 Å². The Morgan fingerprint density at radius 2 is 2.00 bits per heavy atom. The predicted octanol–water partition coefficient (Wildman–Crippen LogP) is 2.49. The number of hydrogen-bond donors (Lipinski definition) is 1. The summed E-state index contributed by atoms with van der Waals surface area (Å²) in [6.45, 7) is 4.03. The van der Waals surface area contributed by atoms with Gasteiger partial charge in [0.2, 0.25) is 0 Å². The molecule has 1 amide bonds. The van der Waals surface area contributed by atoms with Crippen molar-refractivity contribution in [1.82, 2.24) is 5.32 Å². The van der Waals surface area contributed by atoms with E-state index in [1.54, 1.807) is 25.1 Å². The van der Waals surface area contributed by atoms with E-state index in [0.717, 1.165) is 11.3 Å². The van der Waals surface area contributed by atoms with Crippen molar-refractivity contribution in [2.75, 3.05) is 27.3 Å². The molecule has 30 heavy (non-hydrogen) atoms. The smallest absolute Gasteiger partial charge is 0.471 e. The van der Waals surface area contributed by atoms with E-state index in [-0.39, 0.29) is 13.0 Å². The van der Waals surface area contributed by atoms with Gasteiger partial charge in [0.15, 0.2) is 11.3 Å². The first-order chi connectivity index (χ1) is 14.0. The number of halogens is 3. The number of rotatable bonds is 4. The van der Waals surface area contributed by atoms with Crippen LogP contribution in [0.4, 0.5) is 13.2 Å². The molecule has 1 aliphatic heterocycles. The summed E-state index contributed by atoms with van der Waals surface area (Å²) in [6, 6.07) is 5.06. The van der Waals surface area contributed by atoms with Crippen molar-refractivity contribution in [2.24, 2.45) is 0 Å². The number of alkyl halides is 3. The molecule has 1 aromatic rings. The highest BCUT2D eigenvalue weighted by Gasteiger charge is 2.56. The second-order valence-corrected chi connectivity index (χ2v) is 7.39. The number of hydrogen-bond acceptors (Lipinski definition) is 4. The molecule has 1 heterocycles. The molecule has 0 fully saturated rings. The van der Waals surface area contributed by atoms with Gasteiger partial charge in [0, 0.05) is 30.9 Å². The van der Waals surface area contributed by atoms with Gasteiger partial charge in [-0.2, -0.15) is 13.2 Å². The van der Waals surface area contributed by atoms with E-state index >= 15 is 0 Å². The summed E-state index contributed by atoms with van der Waals surface area (Å²) in [6.07, 6.45) is -4.77. The quantitative estimate of drug-likeness (QED) is 0.595. The molecule has 162 valence electrons. The fourth-order valence-corrected chi connectivity index (χ4v) is 4.13. The maximum absolute atomic E-state index is 13.2. The van der Waals surface area contributed by atoms with Crippen LogP contribution >= 0.6 is 0 Å². The van der Waals surface area contributed by atoms with Crippen molar-refractivity contribution in [3.05, 3.63) is 34.9 Å². The SMILES string of the molecule is CCOC(=O)C1(NC(=O)C(F)(F)F)Cc2cc(OC)ccc2/C1=C1/CC[N+](C)=C1C. The van der Waals surface area contributed by atoms with Crippen LogP contribution in [0.5, 0.6) is 5.75 Å². The van der Waals surface area contributed by atoms with Gasteiger partial charge < -0.3 is 14.8 Å². The van der Waals surface area contributed by atoms with Crippen LogP contribution in [0.25, 0.3) is 5.57 Å². The van der Waals surface area contributed by atoms with Gasteiger partial charge in [0.1, 0.15) is 19.3 Å². The topological polar surface area (TPSA) is 67.6 Å². The third-order valence-corrected chi connectivity index (χ3v) is 5.68. The highest BCUT2D eigenvalue weighted by atomic mass is 19.4. The Morgan fingerprint density at radius 1 is 1.30 bits per heavy atom. The lowest BCUT2D eigenvalue weighted by Gasteiger charge is -2.31. The lowest BCUT2D eigenvalue weighted by Crippen LogP contribution is -2.58. The maximum Gasteiger partial charge on any atom is 0.471 e. The normalized spacial score (nSPS) is 23.4. The number of ether oxygens (including phenoxy) is 2. The molecule has 0 aromatic heterocycles. The standard InChI is InChI=1S/C21H23F3N2O4/c1-5-30-19(28)20(25-18(27)21(22,23)24)11-13-10-14(29-4)6-7-16(13)17(20)15-8-9-26(3)12(15)2/h6-7,10H,5,8-9,11H2,1-4H3/p+1/b17-15+. The van der Waals surface area contributed by atoms with Gasteiger partial charge in [-0.1, -0.05) is 6.07 Å². The Labute approximate surface area is 172 Å². The molecule has 2 aliphatic rings. The van der Waals surface area contributed by atoms with Gasteiger partial charge >= 0.3 is 18.1 Å². The van der Waals surface area contributed by atoms with Crippen LogP contribution in [0.3, 0.4) is 0 Å². The fraction of sp³-hybridized carbons (Fsp3) is 0.476. The number of nitrogens with zero attached hydrogens (tertiary/aromatic N) is 1. The number of fused-ring (bicyclic) bond motifs is 1. The number of esters is 1. The number of benzene rings is 1. The first kappa shape index (κ1) is 21.9. The third kappa shape index (κ3) is 3.57. The lowest BCUT2D eigenvalue weighted by molar-refractivity contribution is -0.489. The van der Waals surface area contributed by atoms with Crippen molar-refractivity contribution < 1.29 is 36.8 Å². The zero-order chi connectivity index (χ0) is 22.3. The number of carbonyl (C=O) groups is 2. The summed E-state index contributed by atoms with van der Waals surface area (Å²) >= 11 is 0.